The monoisotopic (exact) mass is 293 g/mol. The molecule has 0 amide bonds. The van der Waals surface area contributed by atoms with Gasteiger partial charge < -0.3 is 9.67 Å². The van der Waals surface area contributed by atoms with Crippen molar-refractivity contribution in [1.29, 1.82) is 0 Å². The molecule has 0 saturated carbocycles. The minimum absolute atomic E-state index is 0.288. The Balaban J connectivity index is 1.86. The number of benzene rings is 1. The van der Waals surface area contributed by atoms with Gasteiger partial charge in [0, 0.05) is 19.4 Å². The summed E-state index contributed by atoms with van der Waals surface area (Å²) < 4.78 is 27.9. The van der Waals surface area contributed by atoms with E-state index in [0.29, 0.717) is 30.8 Å². The van der Waals surface area contributed by atoms with Crippen molar-refractivity contribution in [2.75, 3.05) is 0 Å². The summed E-state index contributed by atoms with van der Waals surface area (Å²) in [4.78, 5) is 11.1. The van der Waals surface area contributed by atoms with Crippen molar-refractivity contribution in [1.82, 2.24) is 14.8 Å². The van der Waals surface area contributed by atoms with Crippen LogP contribution in [-0.4, -0.2) is 25.8 Å². The minimum atomic E-state index is -0.908. The number of hydrogen-bond donors (Lipinski definition) is 1. The number of aromatic nitrogens is 3. The highest BCUT2D eigenvalue weighted by Crippen LogP contribution is 2.22. The van der Waals surface area contributed by atoms with E-state index in [-0.39, 0.29) is 6.42 Å². The molecule has 2 aromatic rings. The standard InChI is InChI=1S/C14H13F2N3O2/c15-10-3-1-8(5-11(10)16)6-13-18-17-12-4-2-9(14(20)21)7-19(12)13/h1,3,5,9H,2,4,6-7H2,(H,20,21). The molecule has 1 N–H and O–H groups in total. The van der Waals surface area contributed by atoms with E-state index >= 15 is 0 Å². The molecule has 3 rings (SSSR count). The molecule has 110 valence electrons. The number of fused-ring (bicyclic) bond motifs is 1. The van der Waals surface area contributed by atoms with E-state index in [0.717, 1.165) is 18.0 Å². The molecule has 7 heteroatoms. The number of carbonyl (C=O) groups is 1. The maximum atomic E-state index is 13.2. The summed E-state index contributed by atoms with van der Waals surface area (Å²) in [5.41, 5.74) is 0.571. The van der Waals surface area contributed by atoms with Crippen molar-refractivity contribution >= 4 is 5.97 Å². The van der Waals surface area contributed by atoms with Gasteiger partial charge in [-0.15, -0.1) is 10.2 Å². The molecule has 1 aliphatic heterocycles. The Labute approximate surface area is 119 Å². The van der Waals surface area contributed by atoms with Gasteiger partial charge >= 0.3 is 5.97 Å². The van der Waals surface area contributed by atoms with Gasteiger partial charge in [-0.25, -0.2) is 8.78 Å². The average Bonchev–Trinajstić information content (AvgIpc) is 2.85. The molecule has 0 fully saturated rings. The van der Waals surface area contributed by atoms with Crippen molar-refractivity contribution < 1.29 is 18.7 Å². The second kappa shape index (κ2) is 5.23. The highest BCUT2D eigenvalue weighted by Gasteiger charge is 2.27. The molecule has 0 aliphatic carbocycles. The Hall–Kier alpha value is -2.31. The quantitative estimate of drug-likeness (QED) is 0.937. The molecule has 5 nitrogen and oxygen atoms in total. The van der Waals surface area contributed by atoms with Crippen LogP contribution in [0.25, 0.3) is 0 Å². The maximum absolute atomic E-state index is 13.2. The van der Waals surface area contributed by atoms with Crippen molar-refractivity contribution in [2.24, 2.45) is 5.92 Å². The number of aliphatic carboxylic acids is 1. The van der Waals surface area contributed by atoms with Gasteiger partial charge in [-0.05, 0) is 24.1 Å². The normalized spacial score (nSPS) is 17.5. The fourth-order valence-corrected chi connectivity index (χ4v) is 2.55. The van der Waals surface area contributed by atoms with Crippen LogP contribution in [0.5, 0.6) is 0 Å². The van der Waals surface area contributed by atoms with Gasteiger partial charge in [-0.1, -0.05) is 6.07 Å². The zero-order valence-corrected chi connectivity index (χ0v) is 11.1. The van der Waals surface area contributed by atoms with Gasteiger partial charge in [-0.3, -0.25) is 4.79 Å². The first kappa shape index (κ1) is 13.7. The van der Waals surface area contributed by atoms with E-state index in [1.165, 1.54) is 6.07 Å². The van der Waals surface area contributed by atoms with Crippen molar-refractivity contribution in [3.05, 3.63) is 47.0 Å². The largest absolute Gasteiger partial charge is 0.481 e. The third kappa shape index (κ3) is 2.63. The summed E-state index contributed by atoms with van der Waals surface area (Å²) in [7, 11) is 0. The lowest BCUT2D eigenvalue weighted by molar-refractivity contribution is -0.142. The van der Waals surface area contributed by atoms with Crippen molar-refractivity contribution in [2.45, 2.75) is 25.8 Å². The number of carboxylic acid groups (broad SMARTS) is 1. The molecule has 21 heavy (non-hydrogen) atoms. The number of aryl methyl sites for hydroxylation is 1. The first-order valence-corrected chi connectivity index (χ1v) is 6.62. The van der Waals surface area contributed by atoms with Crippen LogP contribution < -0.4 is 0 Å². The zero-order chi connectivity index (χ0) is 15.0. The maximum Gasteiger partial charge on any atom is 0.308 e. The Kier molecular flexibility index (Phi) is 3.40. The Morgan fingerprint density at radius 1 is 1.33 bits per heavy atom. The van der Waals surface area contributed by atoms with E-state index in [2.05, 4.69) is 10.2 Å². The van der Waals surface area contributed by atoms with Gasteiger partial charge in [0.25, 0.3) is 0 Å². The van der Waals surface area contributed by atoms with E-state index < -0.39 is 23.5 Å². The molecular weight excluding hydrogens is 280 g/mol. The number of halogens is 2. The summed E-state index contributed by atoms with van der Waals surface area (Å²) >= 11 is 0. The summed E-state index contributed by atoms with van der Waals surface area (Å²) in [6.45, 7) is 0.316. The van der Waals surface area contributed by atoms with E-state index in [4.69, 9.17) is 5.11 Å². The van der Waals surface area contributed by atoms with Crippen molar-refractivity contribution in [3.8, 4) is 0 Å². The van der Waals surface area contributed by atoms with Gasteiger partial charge in [0.05, 0.1) is 5.92 Å². The molecule has 1 aromatic heterocycles. The second-order valence-corrected chi connectivity index (χ2v) is 5.14. The van der Waals surface area contributed by atoms with E-state index in [1.807, 2.05) is 0 Å². The zero-order valence-electron chi connectivity index (χ0n) is 11.1. The lowest BCUT2D eigenvalue weighted by Gasteiger charge is -2.21. The van der Waals surface area contributed by atoms with E-state index in [1.54, 1.807) is 4.57 Å². The first-order valence-electron chi connectivity index (χ1n) is 6.62. The SMILES string of the molecule is O=C(O)C1CCc2nnc(Cc3ccc(F)c(F)c3)n2C1. The number of rotatable bonds is 3. The predicted octanol–water partition coefficient (Wildman–Crippen LogP) is 1.79. The van der Waals surface area contributed by atoms with Gasteiger partial charge in [0.15, 0.2) is 11.6 Å². The van der Waals surface area contributed by atoms with Crippen LogP contribution in [0.2, 0.25) is 0 Å². The summed E-state index contributed by atoms with van der Waals surface area (Å²) in [5.74, 6) is -1.79. The van der Waals surface area contributed by atoms with Crippen LogP contribution in [0.4, 0.5) is 8.78 Å². The van der Waals surface area contributed by atoms with Gasteiger partial charge in [0.2, 0.25) is 0 Å². The molecule has 1 aromatic carbocycles. The summed E-state index contributed by atoms with van der Waals surface area (Å²) in [6.07, 6.45) is 1.39. The molecule has 2 heterocycles. The lowest BCUT2D eigenvalue weighted by atomic mass is 9.99. The van der Waals surface area contributed by atoms with Crippen LogP contribution >= 0.6 is 0 Å². The Morgan fingerprint density at radius 2 is 2.14 bits per heavy atom. The van der Waals surface area contributed by atoms with Crippen LogP contribution in [0.3, 0.4) is 0 Å². The molecule has 1 unspecified atom stereocenters. The third-order valence-corrected chi connectivity index (χ3v) is 3.72. The second-order valence-electron chi connectivity index (χ2n) is 5.14. The fraction of sp³-hybridized carbons (Fsp3) is 0.357. The van der Waals surface area contributed by atoms with Crippen LogP contribution in [-0.2, 0) is 24.2 Å². The van der Waals surface area contributed by atoms with Gasteiger partial charge in [-0.2, -0.15) is 0 Å². The Bertz CT molecular complexity index is 700. The number of nitrogens with zero attached hydrogens (tertiary/aromatic N) is 3. The topological polar surface area (TPSA) is 68.0 Å². The predicted molar refractivity (Wildman–Crippen MR) is 68.6 cm³/mol. The lowest BCUT2D eigenvalue weighted by Crippen LogP contribution is -2.27. The molecule has 0 saturated heterocycles. The average molecular weight is 293 g/mol. The van der Waals surface area contributed by atoms with Crippen LogP contribution in [0.1, 0.15) is 23.6 Å². The molecular formula is C14H13F2N3O2. The number of carboxylic acids is 1. The first-order chi connectivity index (χ1) is 10.0. The van der Waals surface area contributed by atoms with Gasteiger partial charge in [0.1, 0.15) is 11.6 Å². The Morgan fingerprint density at radius 3 is 2.86 bits per heavy atom. The highest BCUT2D eigenvalue weighted by molar-refractivity contribution is 5.70. The molecule has 0 spiro atoms. The van der Waals surface area contributed by atoms with Crippen LogP contribution in [0, 0.1) is 17.6 Å². The molecule has 0 radical (unpaired) electrons. The molecule has 1 aliphatic rings. The fourth-order valence-electron chi connectivity index (χ4n) is 2.55. The molecule has 0 bridgehead atoms. The summed E-state index contributed by atoms with van der Waals surface area (Å²) in [6, 6.07) is 3.67. The van der Waals surface area contributed by atoms with E-state index in [9.17, 15) is 13.6 Å². The summed E-state index contributed by atoms with van der Waals surface area (Å²) in [5, 5.41) is 17.2. The van der Waals surface area contributed by atoms with Crippen molar-refractivity contribution in [3.63, 3.8) is 0 Å². The highest BCUT2D eigenvalue weighted by atomic mass is 19.2. The smallest absolute Gasteiger partial charge is 0.308 e. The third-order valence-electron chi connectivity index (χ3n) is 3.72. The number of hydrogen-bond acceptors (Lipinski definition) is 3. The molecule has 1 atom stereocenters. The van der Waals surface area contributed by atoms with Crippen LogP contribution in [0.15, 0.2) is 18.2 Å². The minimum Gasteiger partial charge on any atom is -0.481 e.